The topological polar surface area (TPSA) is 36.3 Å². The molecule has 0 unspecified atom stereocenters. The number of methoxy groups -OCH3 is 2. The number of para-hydroxylation sites is 2. The lowest BCUT2D eigenvalue weighted by Gasteiger charge is -2.09. The summed E-state index contributed by atoms with van der Waals surface area (Å²) in [5.41, 5.74) is 3.22. The minimum absolute atomic E-state index is 0.774. The van der Waals surface area contributed by atoms with Crippen molar-refractivity contribution in [1.29, 1.82) is 0 Å². The number of nitrogens with zero attached hydrogens (tertiary/aromatic N) is 2. The van der Waals surface area contributed by atoms with Crippen LogP contribution < -0.4 is 4.74 Å². The van der Waals surface area contributed by atoms with E-state index in [0.29, 0.717) is 0 Å². The van der Waals surface area contributed by atoms with Gasteiger partial charge in [0.15, 0.2) is 5.16 Å². The SMILES string of the molecule is COCCCSc1nc2ccccc2n1-c1ccc(OC)cc1. The number of ether oxygens (including phenoxy) is 2. The molecule has 2 aromatic carbocycles. The van der Waals surface area contributed by atoms with Crippen molar-refractivity contribution in [2.75, 3.05) is 26.6 Å². The van der Waals surface area contributed by atoms with Crippen LogP contribution in [0.2, 0.25) is 0 Å². The van der Waals surface area contributed by atoms with Crippen LogP contribution in [-0.4, -0.2) is 36.1 Å². The first-order valence-electron chi connectivity index (χ1n) is 7.57. The van der Waals surface area contributed by atoms with Gasteiger partial charge in [0, 0.05) is 25.2 Å². The lowest BCUT2D eigenvalue weighted by Crippen LogP contribution is -1.98. The van der Waals surface area contributed by atoms with Gasteiger partial charge >= 0.3 is 0 Å². The summed E-state index contributed by atoms with van der Waals surface area (Å²) in [6.45, 7) is 0.774. The van der Waals surface area contributed by atoms with Gasteiger partial charge in [-0.3, -0.25) is 4.57 Å². The molecular formula is C18H20N2O2S. The molecule has 3 aromatic rings. The Bertz CT molecular complexity index is 768. The van der Waals surface area contributed by atoms with Gasteiger partial charge in [-0.05, 0) is 42.8 Å². The summed E-state index contributed by atoms with van der Waals surface area (Å²) in [4.78, 5) is 4.78. The third kappa shape index (κ3) is 3.51. The monoisotopic (exact) mass is 328 g/mol. The molecule has 1 aromatic heterocycles. The number of thioether (sulfide) groups is 1. The highest BCUT2D eigenvalue weighted by Crippen LogP contribution is 2.29. The summed E-state index contributed by atoms with van der Waals surface area (Å²) in [6.07, 6.45) is 1.01. The molecule has 0 atom stereocenters. The zero-order valence-corrected chi connectivity index (χ0v) is 14.2. The van der Waals surface area contributed by atoms with Gasteiger partial charge in [0.05, 0.1) is 18.1 Å². The fraction of sp³-hybridized carbons (Fsp3) is 0.278. The molecule has 3 rings (SSSR count). The Morgan fingerprint density at radius 2 is 1.83 bits per heavy atom. The molecule has 4 nitrogen and oxygen atoms in total. The summed E-state index contributed by atoms with van der Waals surface area (Å²) in [5, 5.41) is 1.01. The molecule has 0 amide bonds. The Labute approximate surface area is 140 Å². The molecular weight excluding hydrogens is 308 g/mol. The fourth-order valence-corrected chi connectivity index (χ4v) is 3.39. The van der Waals surface area contributed by atoms with E-state index in [1.165, 1.54) is 0 Å². The van der Waals surface area contributed by atoms with E-state index in [0.717, 1.165) is 46.4 Å². The third-order valence-corrected chi connectivity index (χ3v) is 4.61. The van der Waals surface area contributed by atoms with Crippen LogP contribution in [0, 0.1) is 0 Å². The number of hydrogen-bond donors (Lipinski definition) is 0. The van der Waals surface area contributed by atoms with E-state index in [4.69, 9.17) is 14.5 Å². The van der Waals surface area contributed by atoms with E-state index in [2.05, 4.69) is 28.8 Å². The first-order chi connectivity index (χ1) is 11.3. The van der Waals surface area contributed by atoms with E-state index < -0.39 is 0 Å². The van der Waals surface area contributed by atoms with E-state index in [1.807, 2.05) is 24.3 Å². The normalized spacial score (nSPS) is 11.0. The molecule has 5 heteroatoms. The minimum Gasteiger partial charge on any atom is -0.497 e. The van der Waals surface area contributed by atoms with Gasteiger partial charge in [0.2, 0.25) is 0 Å². The number of imidazole rings is 1. The Kier molecular flexibility index (Phi) is 5.20. The van der Waals surface area contributed by atoms with Crippen molar-refractivity contribution in [3.63, 3.8) is 0 Å². The predicted molar refractivity (Wildman–Crippen MR) is 94.8 cm³/mol. The standard InChI is InChI=1S/C18H20N2O2S/c1-21-12-5-13-23-18-19-16-6-3-4-7-17(16)20(18)14-8-10-15(22-2)11-9-14/h3-4,6-11H,5,12-13H2,1-2H3. The second-order valence-corrected chi connectivity index (χ2v) is 6.17. The van der Waals surface area contributed by atoms with Crippen LogP contribution in [0.5, 0.6) is 5.75 Å². The van der Waals surface area contributed by atoms with E-state index in [-0.39, 0.29) is 0 Å². The average Bonchev–Trinajstić information content (AvgIpc) is 2.97. The number of aromatic nitrogens is 2. The first kappa shape index (κ1) is 15.9. The molecule has 120 valence electrons. The summed E-state index contributed by atoms with van der Waals surface area (Å²) in [7, 11) is 3.41. The van der Waals surface area contributed by atoms with Crippen LogP contribution in [0.25, 0.3) is 16.7 Å². The van der Waals surface area contributed by atoms with Gasteiger partial charge in [0.25, 0.3) is 0 Å². The maximum atomic E-state index is 5.25. The van der Waals surface area contributed by atoms with Gasteiger partial charge in [-0.25, -0.2) is 4.98 Å². The lowest BCUT2D eigenvalue weighted by molar-refractivity contribution is 0.200. The van der Waals surface area contributed by atoms with Crippen LogP contribution >= 0.6 is 11.8 Å². The first-order valence-corrected chi connectivity index (χ1v) is 8.55. The summed E-state index contributed by atoms with van der Waals surface area (Å²) in [6, 6.07) is 16.3. The van der Waals surface area contributed by atoms with Crippen molar-refractivity contribution >= 4 is 22.8 Å². The van der Waals surface area contributed by atoms with Crippen molar-refractivity contribution in [1.82, 2.24) is 9.55 Å². The van der Waals surface area contributed by atoms with Gasteiger partial charge in [0.1, 0.15) is 5.75 Å². The van der Waals surface area contributed by atoms with E-state index >= 15 is 0 Å². The molecule has 0 aliphatic heterocycles. The van der Waals surface area contributed by atoms with Gasteiger partial charge in [-0.2, -0.15) is 0 Å². The molecule has 0 saturated carbocycles. The molecule has 0 radical (unpaired) electrons. The van der Waals surface area contributed by atoms with Gasteiger partial charge < -0.3 is 9.47 Å². The fourth-order valence-electron chi connectivity index (χ4n) is 2.45. The van der Waals surface area contributed by atoms with E-state index in [9.17, 15) is 0 Å². The zero-order chi connectivity index (χ0) is 16.1. The average molecular weight is 328 g/mol. The van der Waals surface area contributed by atoms with E-state index in [1.54, 1.807) is 26.0 Å². The highest BCUT2D eigenvalue weighted by molar-refractivity contribution is 7.99. The molecule has 0 fully saturated rings. The lowest BCUT2D eigenvalue weighted by atomic mass is 10.2. The Balaban J connectivity index is 1.97. The number of fused-ring (bicyclic) bond motifs is 1. The Hall–Kier alpha value is -1.98. The molecule has 0 bridgehead atoms. The van der Waals surface area contributed by atoms with Gasteiger partial charge in [-0.1, -0.05) is 23.9 Å². The smallest absolute Gasteiger partial charge is 0.173 e. The Morgan fingerprint density at radius 1 is 1.04 bits per heavy atom. The maximum Gasteiger partial charge on any atom is 0.173 e. The Morgan fingerprint density at radius 3 is 2.57 bits per heavy atom. The van der Waals surface area contributed by atoms with Crippen molar-refractivity contribution in [3.05, 3.63) is 48.5 Å². The second-order valence-electron chi connectivity index (χ2n) is 5.11. The second kappa shape index (κ2) is 7.53. The summed E-state index contributed by atoms with van der Waals surface area (Å²) in [5.74, 6) is 1.83. The van der Waals surface area contributed by atoms with Crippen molar-refractivity contribution in [3.8, 4) is 11.4 Å². The van der Waals surface area contributed by atoms with Crippen molar-refractivity contribution in [2.45, 2.75) is 11.6 Å². The van der Waals surface area contributed by atoms with Crippen LogP contribution in [0.4, 0.5) is 0 Å². The number of benzene rings is 2. The van der Waals surface area contributed by atoms with Crippen molar-refractivity contribution in [2.24, 2.45) is 0 Å². The minimum atomic E-state index is 0.774. The highest BCUT2D eigenvalue weighted by atomic mass is 32.2. The third-order valence-electron chi connectivity index (χ3n) is 3.58. The van der Waals surface area contributed by atoms with Crippen LogP contribution in [-0.2, 0) is 4.74 Å². The summed E-state index contributed by atoms with van der Waals surface area (Å²) >= 11 is 1.76. The highest BCUT2D eigenvalue weighted by Gasteiger charge is 2.12. The molecule has 0 spiro atoms. The number of rotatable bonds is 7. The van der Waals surface area contributed by atoms with Gasteiger partial charge in [-0.15, -0.1) is 0 Å². The molecule has 23 heavy (non-hydrogen) atoms. The molecule has 1 heterocycles. The molecule has 0 aliphatic carbocycles. The number of hydrogen-bond acceptors (Lipinski definition) is 4. The van der Waals surface area contributed by atoms with Crippen LogP contribution in [0.3, 0.4) is 0 Å². The predicted octanol–water partition coefficient (Wildman–Crippen LogP) is 4.16. The molecule has 0 N–H and O–H groups in total. The summed E-state index contributed by atoms with van der Waals surface area (Å²) < 4.78 is 12.6. The molecule has 0 aliphatic rings. The zero-order valence-electron chi connectivity index (χ0n) is 13.4. The maximum absolute atomic E-state index is 5.25. The van der Waals surface area contributed by atoms with Crippen LogP contribution in [0.15, 0.2) is 53.7 Å². The largest absolute Gasteiger partial charge is 0.497 e. The van der Waals surface area contributed by atoms with Crippen LogP contribution in [0.1, 0.15) is 6.42 Å². The molecule has 0 saturated heterocycles. The van der Waals surface area contributed by atoms with Crippen molar-refractivity contribution < 1.29 is 9.47 Å². The quantitative estimate of drug-likeness (QED) is 0.482.